The first-order chi connectivity index (χ1) is 13.6. The Hall–Kier alpha value is -2.84. The summed E-state index contributed by atoms with van der Waals surface area (Å²) in [6.07, 6.45) is 2.98. The van der Waals surface area contributed by atoms with E-state index in [9.17, 15) is 8.42 Å². The number of nitrogens with zero attached hydrogens (tertiary/aromatic N) is 4. The van der Waals surface area contributed by atoms with Crippen molar-refractivity contribution in [2.45, 2.75) is 4.90 Å². The molecule has 28 heavy (non-hydrogen) atoms. The van der Waals surface area contributed by atoms with Crippen LogP contribution in [0.2, 0.25) is 0 Å². The van der Waals surface area contributed by atoms with Crippen molar-refractivity contribution in [3.63, 3.8) is 0 Å². The number of sulfonamides is 1. The van der Waals surface area contributed by atoms with Crippen molar-refractivity contribution in [1.82, 2.24) is 14.1 Å². The molecular formula is C20H22N4O3S. The van der Waals surface area contributed by atoms with Crippen LogP contribution in [-0.4, -0.2) is 55.8 Å². The van der Waals surface area contributed by atoms with Gasteiger partial charge in [-0.2, -0.15) is 9.40 Å². The van der Waals surface area contributed by atoms with Crippen LogP contribution in [0.15, 0.2) is 71.9 Å². The van der Waals surface area contributed by atoms with Crippen LogP contribution in [0.25, 0.3) is 5.69 Å². The summed E-state index contributed by atoms with van der Waals surface area (Å²) in [4.78, 5) is 2.40. The predicted octanol–water partition coefficient (Wildman–Crippen LogP) is 2.39. The molecule has 1 fully saturated rings. The number of piperazine rings is 1. The Morgan fingerprint density at radius 1 is 0.893 bits per heavy atom. The number of hydrogen-bond acceptors (Lipinski definition) is 5. The van der Waals surface area contributed by atoms with E-state index in [1.54, 1.807) is 18.0 Å². The van der Waals surface area contributed by atoms with E-state index in [1.807, 2.05) is 54.6 Å². The van der Waals surface area contributed by atoms with E-state index in [0.717, 1.165) is 17.1 Å². The highest BCUT2D eigenvalue weighted by Gasteiger charge is 2.29. The van der Waals surface area contributed by atoms with Gasteiger partial charge in [0.25, 0.3) is 0 Å². The van der Waals surface area contributed by atoms with Gasteiger partial charge >= 0.3 is 0 Å². The number of para-hydroxylation sites is 1. The minimum atomic E-state index is -3.56. The van der Waals surface area contributed by atoms with Crippen molar-refractivity contribution in [1.29, 1.82) is 0 Å². The fourth-order valence-corrected chi connectivity index (χ4v) is 4.65. The molecule has 0 amide bonds. The highest BCUT2D eigenvalue weighted by molar-refractivity contribution is 7.89. The summed E-state index contributed by atoms with van der Waals surface area (Å²) in [5, 5.41) is 4.21. The predicted molar refractivity (Wildman–Crippen MR) is 108 cm³/mol. The van der Waals surface area contributed by atoms with Gasteiger partial charge in [0.15, 0.2) is 0 Å². The average Bonchev–Trinajstić information content (AvgIpc) is 3.26. The second kappa shape index (κ2) is 7.65. The normalized spacial score (nSPS) is 15.5. The van der Waals surface area contributed by atoms with Crippen LogP contribution in [-0.2, 0) is 10.0 Å². The molecule has 146 valence electrons. The van der Waals surface area contributed by atoms with E-state index in [1.165, 1.54) is 10.5 Å². The van der Waals surface area contributed by atoms with E-state index in [-0.39, 0.29) is 4.90 Å². The van der Waals surface area contributed by atoms with Crippen molar-refractivity contribution in [3.05, 3.63) is 67.0 Å². The first kappa shape index (κ1) is 18.5. The first-order valence-electron chi connectivity index (χ1n) is 9.07. The van der Waals surface area contributed by atoms with Gasteiger partial charge in [-0.1, -0.05) is 18.2 Å². The standard InChI is InChI=1S/C20H22N4O3S/c1-27-19-9-7-17(8-10-19)22-11-13-23(14-12-22)28(25,26)20-15-21-24(16-20)18-5-3-2-4-6-18/h2-10,15-16H,11-14H2,1H3. The quantitative estimate of drug-likeness (QED) is 0.660. The highest BCUT2D eigenvalue weighted by Crippen LogP contribution is 2.23. The second-order valence-corrected chi connectivity index (χ2v) is 8.48. The Labute approximate surface area is 164 Å². The second-order valence-electron chi connectivity index (χ2n) is 6.55. The first-order valence-corrected chi connectivity index (χ1v) is 10.5. The summed E-state index contributed by atoms with van der Waals surface area (Å²) in [5.41, 5.74) is 1.89. The number of anilines is 1. The van der Waals surface area contributed by atoms with Gasteiger partial charge in [0.05, 0.1) is 25.2 Å². The maximum absolute atomic E-state index is 13.0. The molecule has 1 saturated heterocycles. The van der Waals surface area contributed by atoms with Crippen LogP contribution in [0.1, 0.15) is 0 Å². The molecule has 0 spiro atoms. The Balaban J connectivity index is 1.45. The Bertz CT molecular complexity index is 1020. The topological polar surface area (TPSA) is 67.7 Å². The molecule has 0 bridgehead atoms. The molecule has 1 aliphatic heterocycles. The summed E-state index contributed by atoms with van der Waals surface area (Å²) in [6, 6.07) is 17.3. The number of methoxy groups -OCH3 is 1. The fourth-order valence-electron chi connectivity index (χ4n) is 3.29. The van der Waals surface area contributed by atoms with Gasteiger partial charge in [0, 0.05) is 31.9 Å². The summed E-state index contributed by atoms with van der Waals surface area (Å²) < 4.78 is 34.3. The van der Waals surface area contributed by atoms with Crippen molar-refractivity contribution in [2.24, 2.45) is 0 Å². The summed E-state index contributed by atoms with van der Waals surface area (Å²) in [7, 11) is -1.92. The van der Waals surface area contributed by atoms with Crippen molar-refractivity contribution < 1.29 is 13.2 Å². The highest BCUT2D eigenvalue weighted by atomic mass is 32.2. The smallest absolute Gasteiger partial charge is 0.246 e. The van der Waals surface area contributed by atoms with Crippen LogP contribution in [0.5, 0.6) is 5.75 Å². The van der Waals surface area contributed by atoms with Crippen LogP contribution in [0.3, 0.4) is 0 Å². The van der Waals surface area contributed by atoms with Gasteiger partial charge in [0.1, 0.15) is 10.6 Å². The lowest BCUT2D eigenvalue weighted by molar-refractivity contribution is 0.384. The Kier molecular flexibility index (Phi) is 5.06. The monoisotopic (exact) mass is 398 g/mol. The molecule has 0 aliphatic carbocycles. The van der Waals surface area contributed by atoms with Crippen molar-refractivity contribution in [3.8, 4) is 11.4 Å². The molecule has 8 heteroatoms. The zero-order valence-electron chi connectivity index (χ0n) is 15.6. The molecule has 7 nitrogen and oxygen atoms in total. The summed E-state index contributed by atoms with van der Waals surface area (Å²) in [5.74, 6) is 0.806. The Morgan fingerprint density at radius 2 is 1.57 bits per heavy atom. The number of hydrogen-bond donors (Lipinski definition) is 0. The molecule has 1 aromatic heterocycles. The molecular weight excluding hydrogens is 376 g/mol. The third-order valence-electron chi connectivity index (χ3n) is 4.89. The van der Waals surface area contributed by atoms with Crippen molar-refractivity contribution in [2.75, 3.05) is 38.2 Å². The molecule has 0 radical (unpaired) electrons. The van der Waals surface area contributed by atoms with E-state index in [4.69, 9.17) is 4.74 Å². The van der Waals surface area contributed by atoms with Gasteiger partial charge in [-0.3, -0.25) is 0 Å². The SMILES string of the molecule is COc1ccc(N2CCN(S(=O)(=O)c3cnn(-c4ccccc4)c3)CC2)cc1. The lowest BCUT2D eigenvalue weighted by atomic mass is 10.2. The third-order valence-corrected chi connectivity index (χ3v) is 6.75. The van der Waals surface area contributed by atoms with Gasteiger partial charge < -0.3 is 9.64 Å². The van der Waals surface area contributed by atoms with Crippen LogP contribution < -0.4 is 9.64 Å². The van der Waals surface area contributed by atoms with E-state index < -0.39 is 10.0 Å². The van der Waals surface area contributed by atoms with Gasteiger partial charge in [-0.25, -0.2) is 13.1 Å². The third kappa shape index (κ3) is 3.61. The maximum atomic E-state index is 13.0. The van der Waals surface area contributed by atoms with Gasteiger partial charge in [0.2, 0.25) is 10.0 Å². The Morgan fingerprint density at radius 3 is 2.21 bits per heavy atom. The maximum Gasteiger partial charge on any atom is 0.246 e. The van der Waals surface area contributed by atoms with Crippen LogP contribution in [0, 0.1) is 0 Å². The molecule has 2 aromatic carbocycles. The lowest BCUT2D eigenvalue weighted by Crippen LogP contribution is -2.48. The summed E-state index contributed by atoms with van der Waals surface area (Å²) in [6.45, 7) is 2.15. The number of aromatic nitrogens is 2. The van der Waals surface area contributed by atoms with Crippen LogP contribution >= 0.6 is 0 Å². The van der Waals surface area contributed by atoms with E-state index >= 15 is 0 Å². The van der Waals surface area contributed by atoms with Gasteiger partial charge in [-0.15, -0.1) is 0 Å². The number of rotatable bonds is 5. The molecule has 0 saturated carbocycles. The molecule has 0 N–H and O–H groups in total. The van der Waals surface area contributed by atoms with E-state index in [2.05, 4.69) is 10.00 Å². The molecule has 4 rings (SSSR count). The molecule has 3 aromatic rings. The zero-order valence-corrected chi connectivity index (χ0v) is 16.4. The van der Waals surface area contributed by atoms with Gasteiger partial charge in [-0.05, 0) is 36.4 Å². The lowest BCUT2D eigenvalue weighted by Gasteiger charge is -2.35. The minimum absolute atomic E-state index is 0.217. The molecule has 1 aliphatic rings. The molecule has 0 atom stereocenters. The minimum Gasteiger partial charge on any atom is -0.497 e. The van der Waals surface area contributed by atoms with Crippen LogP contribution in [0.4, 0.5) is 5.69 Å². The fraction of sp³-hybridized carbons (Fsp3) is 0.250. The zero-order chi connectivity index (χ0) is 19.6. The average molecular weight is 398 g/mol. The number of ether oxygens (including phenoxy) is 1. The molecule has 2 heterocycles. The summed E-state index contributed by atoms with van der Waals surface area (Å²) >= 11 is 0. The van der Waals surface area contributed by atoms with Crippen molar-refractivity contribution >= 4 is 15.7 Å². The molecule has 0 unspecified atom stereocenters. The largest absolute Gasteiger partial charge is 0.497 e. The van der Waals surface area contributed by atoms with E-state index in [0.29, 0.717) is 26.2 Å². The number of benzene rings is 2.